The number of furan rings is 1. The monoisotopic (exact) mass is 244 g/mol. The van der Waals surface area contributed by atoms with Gasteiger partial charge in [-0.1, -0.05) is 13.3 Å². The van der Waals surface area contributed by atoms with Crippen molar-refractivity contribution in [1.82, 2.24) is 0 Å². The molecule has 2 aromatic rings. The fourth-order valence-corrected chi connectivity index (χ4v) is 1.60. The van der Waals surface area contributed by atoms with E-state index in [1.807, 2.05) is 12.1 Å². The Morgan fingerprint density at radius 2 is 1.94 bits per heavy atom. The summed E-state index contributed by atoms with van der Waals surface area (Å²) in [5.74, 6) is 0.760. The highest BCUT2D eigenvalue weighted by molar-refractivity contribution is 6.08. The van der Waals surface area contributed by atoms with Crippen molar-refractivity contribution in [1.29, 1.82) is 0 Å². The highest BCUT2D eigenvalue weighted by atomic mass is 16.5. The molecule has 0 bridgehead atoms. The number of rotatable bonds is 6. The molecule has 0 spiro atoms. The van der Waals surface area contributed by atoms with Crippen LogP contribution in [0.4, 0.5) is 0 Å². The summed E-state index contributed by atoms with van der Waals surface area (Å²) in [6.07, 6.45) is 5.09. The van der Waals surface area contributed by atoms with Crippen LogP contribution in [0.15, 0.2) is 47.3 Å². The molecule has 1 aromatic carbocycles. The average Bonchev–Trinajstić information content (AvgIpc) is 2.93. The van der Waals surface area contributed by atoms with Crippen molar-refractivity contribution in [2.75, 3.05) is 6.61 Å². The predicted octanol–water partition coefficient (Wildman–Crippen LogP) is 3.69. The second kappa shape index (κ2) is 6.05. The van der Waals surface area contributed by atoms with Crippen molar-refractivity contribution < 1.29 is 13.9 Å². The minimum Gasteiger partial charge on any atom is -0.494 e. The third-order valence-electron chi connectivity index (χ3n) is 2.67. The van der Waals surface area contributed by atoms with Crippen molar-refractivity contribution in [3.05, 3.63) is 54.0 Å². The Hall–Kier alpha value is -2.03. The maximum Gasteiger partial charge on any atom is 0.196 e. The predicted molar refractivity (Wildman–Crippen MR) is 69.0 cm³/mol. The number of benzene rings is 1. The first kappa shape index (κ1) is 12.4. The SMILES string of the molecule is CCCCOc1ccc(C(=O)c2ccoc2)cc1. The quantitative estimate of drug-likeness (QED) is 0.574. The van der Waals surface area contributed by atoms with Crippen molar-refractivity contribution in [2.24, 2.45) is 0 Å². The van der Waals surface area contributed by atoms with E-state index in [9.17, 15) is 4.79 Å². The van der Waals surface area contributed by atoms with Crippen LogP contribution in [0.5, 0.6) is 5.75 Å². The Labute approximate surface area is 106 Å². The van der Waals surface area contributed by atoms with E-state index in [1.54, 1.807) is 18.2 Å². The molecule has 0 aliphatic carbocycles. The van der Waals surface area contributed by atoms with Gasteiger partial charge in [-0.15, -0.1) is 0 Å². The third kappa shape index (κ3) is 3.00. The second-order valence-electron chi connectivity index (χ2n) is 4.07. The highest BCUT2D eigenvalue weighted by Crippen LogP contribution is 2.16. The van der Waals surface area contributed by atoms with Crippen molar-refractivity contribution in [3.8, 4) is 5.75 Å². The smallest absolute Gasteiger partial charge is 0.196 e. The Morgan fingerprint density at radius 3 is 2.56 bits per heavy atom. The van der Waals surface area contributed by atoms with Crippen molar-refractivity contribution in [3.63, 3.8) is 0 Å². The molecule has 94 valence electrons. The lowest BCUT2D eigenvalue weighted by molar-refractivity contribution is 0.103. The minimum absolute atomic E-state index is 0.0381. The molecule has 0 amide bonds. The number of unbranched alkanes of at least 4 members (excludes halogenated alkanes) is 1. The Kier molecular flexibility index (Phi) is 4.18. The molecule has 3 heteroatoms. The molecule has 0 aliphatic heterocycles. The van der Waals surface area contributed by atoms with Crippen LogP contribution >= 0.6 is 0 Å². The summed E-state index contributed by atoms with van der Waals surface area (Å²) in [7, 11) is 0. The van der Waals surface area contributed by atoms with Gasteiger partial charge in [0.2, 0.25) is 0 Å². The number of hydrogen-bond donors (Lipinski definition) is 0. The van der Waals surface area contributed by atoms with Gasteiger partial charge >= 0.3 is 0 Å². The normalized spacial score (nSPS) is 10.3. The number of carbonyl (C=O) groups excluding carboxylic acids is 1. The molecular weight excluding hydrogens is 228 g/mol. The van der Waals surface area contributed by atoms with Gasteiger partial charge in [-0.25, -0.2) is 0 Å². The zero-order chi connectivity index (χ0) is 12.8. The number of ether oxygens (including phenoxy) is 1. The number of hydrogen-bond acceptors (Lipinski definition) is 3. The van der Waals surface area contributed by atoms with Crippen LogP contribution in [-0.4, -0.2) is 12.4 Å². The molecule has 0 radical (unpaired) electrons. The summed E-state index contributed by atoms with van der Waals surface area (Å²) >= 11 is 0. The summed E-state index contributed by atoms with van der Waals surface area (Å²) in [6.45, 7) is 2.83. The molecule has 2 rings (SSSR count). The van der Waals surface area contributed by atoms with Crippen LogP contribution < -0.4 is 4.74 Å². The molecule has 18 heavy (non-hydrogen) atoms. The number of ketones is 1. The first-order chi connectivity index (χ1) is 8.81. The molecule has 0 atom stereocenters. The summed E-state index contributed by atoms with van der Waals surface area (Å²) in [4.78, 5) is 12.0. The summed E-state index contributed by atoms with van der Waals surface area (Å²) in [5.41, 5.74) is 1.20. The van der Waals surface area contributed by atoms with Gasteiger partial charge in [0.25, 0.3) is 0 Å². The molecule has 0 N–H and O–H groups in total. The summed E-state index contributed by atoms with van der Waals surface area (Å²) < 4.78 is 10.4. The topological polar surface area (TPSA) is 39.4 Å². The Bertz CT molecular complexity index is 483. The molecule has 0 aliphatic rings. The fourth-order valence-electron chi connectivity index (χ4n) is 1.60. The van der Waals surface area contributed by atoms with Crippen molar-refractivity contribution in [2.45, 2.75) is 19.8 Å². The second-order valence-corrected chi connectivity index (χ2v) is 4.07. The average molecular weight is 244 g/mol. The van der Waals surface area contributed by atoms with E-state index in [-0.39, 0.29) is 5.78 Å². The van der Waals surface area contributed by atoms with E-state index in [0.29, 0.717) is 17.7 Å². The van der Waals surface area contributed by atoms with Gasteiger partial charge < -0.3 is 9.15 Å². The van der Waals surface area contributed by atoms with Gasteiger partial charge in [0.1, 0.15) is 12.0 Å². The fraction of sp³-hybridized carbons (Fsp3) is 0.267. The van der Waals surface area contributed by atoms with E-state index in [2.05, 4.69) is 6.92 Å². The van der Waals surface area contributed by atoms with E-state index in [1.165, 1.54) is 12.5 Å². The number of carbonyl (C=O) groups is 1. The van der Waals surface area contributed by atoms with Gasteiger partial charge in [0.05, 0.1) is 18.4 Å². The maximum absolute atomic E-state index is 12.0. The van der Waals surface area contributed by atoms with Gasteiger partial charge in [0.15, 0.2) is 5.78 Å². The summed E-state index contributed by atoms with van der Waals surface area (Å²) in [6, 6.07) is 8.85. The van der Waals surface area contributed by atoms with E-state index in [0.717, 1.165) is 18.6 Å². The van der Waals surface area contributed by atoms with Crippen LogP contribution in [-0.2, 0) is 0 Å². The maximum atomic E-state index is 12.0. The molecule has 0 saturated heterocycles. The molecule has 1 heterocycles. The van der Waals surface area contributed by atoms with Crippen LogP contribution in [0.25, 0.3) is 0 Å². The largest absolute Gasteiger partial charge is 0.494 e. The lowest BCUT2D eigenvalue weighted by Crippen LogP contribution is -2.00. The standard InChI is InChI=1S/C15H16O3/c1-2-3-9-18-14-6-4-12(5-7-14)15(16)13-8-10-17-11-13/h4-8,10-11H,2-3,9H2,1H3. The van der Waals surface area contributed by atoms with Gasteiger partial charge in [-0.3, -0.25) is 4.79 Å². The molecule has 0 unspecified atom stereocenters. The molecular formula is C15H16O3. The summed E-state index contributed by atoms with van der Waals surface area (Å²) in [5, 5.41) is 0. The zero-order valence-corrected chi connectivity index (χ0v) is 10.4. The van der Waals surface area contributed by atoms with Gasteiger partial charge in [-0.05, 0) is 36.8 Å². The third-order valence-corrected chi connectivity index (χ3v) is 2.67. The van der Waals surface area contributed by atoms with Crippen LogP contribution in [0.2, 0.25) is 0 Å². The molecule has 1 aromatic heterocycles. The van der Waals surface area contributed by atoms with E-state index in [4.69, 9.17) is 9.15 Å². The highest BCUT2D eigenvalue weighted by Gasteiger charge is 2.09. The van der Waals surface area contributed by atoms with Gasteiger partial charge in [0, 0.05) is 5.56 Å². The zero-order valence-electron chi connectivity index (χ0n) is 10.4. The molecule has 0 saturated carbocycles. The Morgan fingerprint density at radius 1 is 1.17 bits per heavy atom. The van der Waals surface area contributed by atoms with Gasteiger partial charge in [-0.2, -0.15) is 0 Å². The lowest BCUT2D eigenvalue weighted by atomic mass is 10.1. The Balaban J connectivity index is 2.01. The first-order valence-corrected chi connectivity index (χ1v) is 6.11. The molecule has 0 fully saturated rings. The van der Waals surface area contributed by atoms with Crippen LogP contribution in [0, 0.1) is 0 Å². The van der Waals surface area contributed by atoms with E-state index >= 15 is 0 Å². The first-order valence-electron chi connectivity index (χ1n) is 6.11. The molecule has 3 nitrogen and oxygen atoms in total. The van der Waals surface area contributed by atoms with Crippen LogP contribution in [0.3, 0.4) is 0 Å². The van der Waals surface area contributed by atoms with Crippen molar-refractivity contribution >= 4 is 5.78 Å². The van der Waals surface area contributed by atoms with Crippen LogP contribution in [0.1, 0.15) is 35.7 Å². The lowest BCUT2D eigenvalue weighted by Gasteiger charge is -2.05. The van der Waals surface area contributed by atoms with E-state index < -0.39 is 0 Å². The minimum atomic E-state index is -0.0381.